The van der Waals surface area contributed by atoms with Crippen LogP contribution in [-0.4, -0.2) is 46.2 Å². The molecule has 0 spiro atoms. The Morgan fingerprint density at radius 3 is 2.74 bits per heavy atom. The van der Waals surface area contributed by atoms with Crippen molar-refractivity contribution >= 4 is 5.82 Å². The molecule has 1 aliphatic carbocycles. The second-order valence-electron chi connectivity index (χ2n) is 8.32. The molecule has 3 heterocycles. The van der Waals surface area contributed by atoms with E-state index in [0.29, 0.717) is 17.8 Å². The molecule has 2 aliphatic rings. The van der Waals surface area contributed by atoms with Gasteiger partial charge in [0.2, 0.25) is 11.7 Å². The molecule has 0 N–H and O–H groups in total. The third kappa shape index (κ3) is 4.49. The van der Waals surface area contributed by atoms with Crippen LogP contribution in [0, 0.1) is 5.92 Å². The summed E-state index contributed by atoms with van der Waals surface area (Å²) in [5, 5.41) is 4.17. The summed E-state index contributed by atoms with van der Waals surface area (Å²) in [5.74, 6) is 3.10. The van der Waals surface area contributed by atoms with Crippen molar-refractivity contribution in [2.24, 2.45) is 5.92 Å². The number of anilines is 1. The minimum absolute atomic E-state index is 0.633. The molecule has 4 rings (SSSR count). The lowest BCUT2D eigenvalue weighted by Crippen LogP contribution is -2.34. The first kappa shape index (κ1) is 18.4. The fourth-order valence-electron chi connectivity index (χ4n) is 4.40. The summed E-state index contributed by atoms with van der Waals surface area (Å²) in [6, 6.07) is 4.78. The summed E-state index contributed by atoms with van der Waals surface area (Å²) in [6.07, 6.45) is 11.0. The highest BCUT2D eigenvalue weighted by molar-refractivity contribution is 5.55. The molecule has 6 heteroatoms. The smallest absolute Gasteiger partial charge is 0.241 e. The number of pyridine rings is 1. The van der Waals surface area contributed by atoms with Crippen LogP contribution in [0.5, 0.6) is 0 Å². The fraction of sp³-hybridized carbons (Fsp3) is 0.667. The molecule has 2 fully saturated rings. The minimum atomic E-state index is 0.633. The van der Waals surface area contributed by atoms with Gasteiger partial charge in [0.25, 0.3) is 0 Å². The molecule has 0 radical (unpaired) electrons. The maximum absolute atomic E-state index is 5.50. The zero-order chi connectivity index (χ0) is 18.6. The van der Waals surface area contributed by atoms with Crippen LogP contribution in [0.3, 0.4) is 0 Å². The maximum atomic E-state index is 5.50. The average Bonchev–Trinajstić information content (AvgIpc) is 3.17. The van der Waals surface area contributed by atoms with Crippen LogP contribution in [0.4, 0.5) is 5.82 Å². The van der Waals surface area contributed by atoms with E-state index in [0.717, 1.165) is 36.9 Å². The summed E-state index contributed by atoms with van der Waals surface area (Å²) < 4.78 is 5.50. The van der Waals surface area contributed by atoms with Crippen LogP contribution in [0.25, 0.3) is 11.4 Å². The van der Waals surface area contributed by atoms with Gasteiger partial charge in [0.05, 0.1) is 6.54 Å². The minimum Gasteiger partial charge on any atom is -0.356 e. The Morgan fingerprint density at radius 1 is 1.15 bits per heavy atom. The Kier molecular flexibility index (Phi) is 5.72. The van der Waals surface area contributed by atoms with Gasteiger partial charge in [0.1, 0.15) is 5.82 Å². The Balaban J connectivity index is 1.39. The van der Waals surface area contributed by atoms with Crippen molar-refractivity contribution in [3.05, 3.63) is 24.2 Å². The van der Waals surface area contributed by atoms with Gasteiger partial charge >= 0.3 is 0 Å². The summed E-state index contributed by atoms with van der Waals surface area (Å²) in [7, 11) is 2.16. The molecule has 0 unspecified atom stereocenters. The Morgan fingerprint density at radius 2 is 2.00 bits per heavy atom. The van der Waals surface area contributed by atoms with Gasteiger partial charge in [0, 0.05) is 30.9 Å². The lowest BCUT2D eigenvalue weighted by Gasteiger charge is -2.31. The first-order valence-electron chi connectivity index (χ1n) is 10.4. The van der Waals surface area contributed by atoms with E-state index >= 15 is 0 Å². The quantitative estimate of drug-likeness (QED) is 0.790. The van der Waals surface area contributed by atoms with Crippen molar-refractivity contribution < 1.29 is 4.52 Å². The first-order valence-corrected chi connectivity index (χ1v) is 10.4. The van der Waals surface area contributed by atoms with Crippen LogP contribution in [0.2, 0.25) is 0 Å². The standard InChI is InChI=1S/C21H31N5O/c1-16-7-6-12-26(14-16)19-11-10-17(13-22-19)21-23-20(27-24-21)15-25(2)18-8-4-3-5-9-18/h10-11,13,16,18H,3-9,12,14-15H2,1-2H3/t16-/m1/s1. The van der Waals surface area contributed by atoms with Gasteiger partial charge in [-0.15, -0.1) is 0 Å². The molecule has 1 aliphatic heterocycles. The zero-order valence-corrected chi connectivity index (χ0v) is 16.6. The summed E-state index contributed by atoms with van der Waals surface area (Å²) in [4.78, 5) is 14.0. The van der Waals surface area contributed by atoms with Gasteiger partial charge in [-0.05, 0) is 50.8 Å². The van der Waals surface area contributed by atoms with Crippen molar-refractivity contribution in [3.8, 4) is 11.4 Å². The summed E-state index contributed by atoms with van der Waals surface area (Å²) in [6.45, 7) is 5.21. The topological polar surface area (TPSA) is 58.3 Å². The van der Waals surface area contributed by atoms with E-state index in [-0.39, 0.29) is 0 Å². The summed E-state index contributed by atoms with van der Waals surface area (Å²) in [5.41, 5.74) is 0.916. The van der Waals surface area contributed by atoms with E-state index in [9.17, 15) is 0 Å². The number of hydrogen-bond acceptors (Lipinski definition) is 6. The van der Waals surface area contributed by atoms with Crippen molar-refractivity contribution in [3.63, 3.8) is 0 Å². The average molecular weight is 370 g/mol. The highest BCUT2D eigenvalue weighted by Gasteiger charge is 2.21. The molecule has 6 nitrogen and oxygen atoms in total. The third-order valence-electron chi connectivity index (χ3n) is 6.04. The largest absolute Gasteiger partial charge is 0.356 e. The predicted molar refractivity (Wildman–Crippen MR) is 106 cm³/mol. The van der Waals surface area contributed by atoms with Crippen molar-refractivity contribution in [2.75, 3.05) is 25.0 Å². The molecule has 2 aromatic rings. The van der Waals surface area contributed by atoms with Crippen molar-refractivity contribution in [1.29, 1.82) is 0 Å². The van der Waals surface area contributed by atoms with Gasteiger partial charge in [-0.25, -0.2) is 4.98 Å². The SMILES string of the molecule is C[C@@H]1CCCN(c2ccc(-c3noc(CN(C)C4CCCCC4)n3)cn2)C1. The Bertz CT molecular complexity index is 722. The van der Waals surface area contributed by atoms with Gasteiger partial charge in [-0.1, -0.05) is 31.3 Å². The van der Waals surface area contributed by atoms with Gasteiger partial charge in [-0.2, -0.15) is 4.98 Å². The fourth-order valence-corrected chi connectivity index (χ4v) is 4.40. The van der Waals surface area contributed by atoms with Crippen LogP contribution in [0.15, 0.2) is 22.9 Å². The number of aromatic nitrogens is 3. The molecule has 146 valence electrons. The van der Waals surface area contributed by atoms with E-state index in [1.807, 2.05) is 6.20 Å². The molecule has 1 saturated carbocycles. The van der Waals surface area contributed by atoms with E-state index in [1.54, 1.807) is 0 Å². The van der Waals surface area contributed by atoms with Crippen LogP contribution in [0.1, 0.15) is 57.8 Å². The number of hydrogen-bond donors (Lipinski definition) is 0. The second kappa shape index (κ2) is 8.38. The van der Waals surface area contributed by atoms with E-state index in [2.05, 4.69) is 51.0 Å². The molecule has 2 aromatic heterocycles. The predicted octanol–water partition coefficient (Wildman–Crippen LogP) is 4.13. The van der Waals surface area contributed by atoms with Gasteiger partial charge in [0.15, 0.2) is 0 Å². The molecule has 0 amide bonds. The van der Waals surface area contributed by atoms with Crippen LogP contribution in [-0.2, 0) is 6.54 Å². The highest BCUT2D eigenvalue weighted by atomic mass is 16.5. The van der Waals surface area contributed by atoms with Crippen molar-refractivity contribution in [2.45, 2.75) is 64.5 Å². The third-order valence-corrected chi connectivity index (χ3v) is 6.04. The highest BCUT2D eigenvalue weighted by Crippen LogP contribution is 2.25. The van der Waals surface area contributed by atoms with Crippen LogP contribution >= 0.6 is 0 Å². The molecular formula is C21H31N5O. The first-order chi connectivity index (χ1) is 13.2. The summed E-state index contributed by atoms with van der Waals surface area (Å²) >= 11 is 0. The second-order valence-corrected chi connectivity index (χ2v) is 8.32. The van der Waals surface area contributed by atoms with E-state index < -0.39 is 0 Å². The monoisotopic (exact) mass is 369 g/mol. The number of rotatable bonds is 5. The van der Waals surface area contributed by atoms with Gasteiger partial charge < -0.3 is 9.42 Å². The number of nitrogens with zero attached hydrogens (tertiary/aromatic N) is 5. The molecular weight excluding hydrogens is 338 g/mol. The lowest BCUT2D eigenvalue weighted by atomic mass is 9.94. The molecule has 1 atom stereocenters. The zero-order valence-electron chi connectivity index (χ0n) is 16.6. The Labute approximate surface area is 162 Å². The van der Waals surface area contributed by atoms with Gasteiger partial charge in [-0.3, -0.25) is 4.90 Å². The molecule has 0 aromatic carbocycles. The Hall–Kier alpha value is -1.95. The van der Waals surface area contributed by atoms with Crippen LogP contribution < -0.4 is 4.90 Å². The molecule has 1 saturated heterocycles. The lowest BCUT2D eigenvalue weighted by molar-refractivity contribution is 0.165. The van der Waals surface area contributed by atoms with Crippen molar-refractivity contribution in [1.82, 2.24) is 20.0 Å². The molecule has 27 heavy (non-hydrogen) atoms. The molecule has 0 bridgehead atoms. The van der Waals surface area contributed by atoms with E-state index in [4.69, 9.17) is 4.52 Å². The normalized spacial score (nSPS) is 21.7. The van der Waals surface area contributed by atoms with E-state index in [1.165, 1.54) is 44.9 Å². The number of piperidine rings is 1. The maximum Gasteiger partial charge on any atom is 0.241 e.